The number of nitrogens with one attached hydrogen (secondary N) is 2. The Morgan fingerprint density at radius 2 is 2.04 bits per heavy atom. The first-order valence-corrected chi connectivity index (χ1v) is 9.59. The number of furan rings is 1. The third-order valence-electron chi connectivity index (χ3n) is 4.78. The van der Waals surface area contributed by atoms with Crippen molar-refractivity contribution in [2.45, 2.75) is 44.8 Å². The zero-order valence-electron chi connectivity index (χ0n) is 16.6. The number of ether oxygens (including phenoxy) is 2. The lowest BCUT2D eigenvalue weighted by atomic mass is 10.2. The Hall–Kier alpha value is -1.90. The van der Waals surface area contributed by atoms with Crippen molar-refractivity contribution in [3.63, 3.8) is 0 Å². The second-order valence-electron chi connectivity index (χ2n) is 6.68. The standard InChI is InChI=1S/C21H29N3O3.HI/c1-22-21(23-12-11-17-8-5-13-26-17)24-15-16-9-10-19(25-2)14-20(16)27-18-6-3-4-7-18;/h5,8-10,13-14,18H,3-4,6-7,11-12,15H2,1-2H3,(H2,22,23,24);1H. The summed E-state index contributed by atoms with van der Waals surface area (Å²) in [6, 6.07) is 9.86. The lowest BCUT2D eigenvalue weighted by Crippen LogP contribution is -2.38. The van der Waals surface area contributed by atoms with Gasteiger partial charge in [0, 0.05) is 38.2 Å². The molecule has 0 unspecified atom stereocenters. The van der Waals surface area contributed by atoms with E-state index < -0.39 is 0 Å². The van der Waals surface area contributed by atoms with Gasteiger partial charge in [0.1, 0.15) is 17.3 Å². The first-order chi connectivity index (χ1) is 13.3. The van der Waals surface area contributed by atoms with Gasteiger partial charge in [-0.05, 0) is 49.9 Å². The summed E-state index contributed by atoms with van der Waals surface area (Å²) in [5.41, 5.74) is 1.09. The van der Waals surface area contributed by atoms with Crippen LogP contribution < -0.4 is 20.1 Å². The number of hydrogen-bond donors (Lipinski definition) is 2. The van der Waals surface area contributed by atoms with Crippen LogP contribution in [0.15, 0.2) is 46.0 Å². The number of benzene rings is 1. The van der Waals surface area contributed by atoms with Crippen LogP contribution in [-0.2, 0) is 13.0 Å². The van der Waals surface area contributed by atoms with Gasteiger partial charge in [-0.3, -0.25) is 4.99 Å². The van der Waals surface area contributed by atoms with Crippen LogP contribution in [0, 0.1) is 0 Å². The van der Waals surface area contributed by atoms with Crippen molar-refractivity contribution >= 4 is 29.9 Å². The van der Waals surface area contributed by atoms with Crippen LogP contribution in [0.2, 0.25) is 0 Å². The van der Waals surface area contributed by atoms with Crippen LogP contribution in [0.1, 0.15) is 37.0 Å². The molecule has 1 aliphatic rings. The van der Waals surface area contributed by atoms with Crippen LogP contribution in [0.25, 0.3) is 0 Å². The Morgan fingerprint density at radius 1 is 1.21 bits per heavy atom. The fraction of sp³-hybridized carbons (Fsp3) is 0.476. The largest absolute Gasteiger partial charge is 0.497 e. The van der Waals surface area contributed by atoms with Gasteiger partial charge < -0.3 is 24.5 Å². The van der Waals surface area contributed by atoms with Crippen LogP contribution in [0.3, 0.4) is 0 Å². The summed E-state index contributed by atoms with van der Waals surface area (Å²) in [4.78, 5) is 4.29. The highest BCUT2D eigenvalue weighted by molar-refractivity contribution is 14.0. The molecule has 1 aliphatic carbocycles. The number of aliphatic imine (C=N–C) groups is 1. The summed E-state index contributed by atoms with van der Waals surface area (Å²) in [5.74, 6) is 3.41. The maximum absolute atomic E-state index is 6.25. The van der Waals surface area contributed by atoms with E-state index in [0.717, 1.165) is 54.6 Å². The van der Waals surface area contributed by atoms with Crippen LogP contribution in [0.4, 0.5) is 0 Å². The molecule has 0 amide bonds. The number of halogens is 1. The Bertz CT molecular complexity index is 729. The molecule has 1 heterocycles. The van der Waals surface area contributed by atoms with Crippen molar-refractivity contribution in [3.05, 3.63) is 47.9 Å². The van der Waals surface area contributed by atoms with Gasteiger partial charge in [0.25, 0.3) is 0 Å². The Morgan fingerprint density at radius 3 is 2.71 bits per heavy atom. The van der Waals surface area contributed by atoms with E-state index >= 15 is 0 Å². The Labute approximate surface area is 184 Å². The van der Waals surface area contributed by atoms with Gasteiger partial charge in [0.15, 0.2) is 5.96 Å². The average molecular weight is 499 g/mol. The molecule has 0 atom stereocenters. The fourth-order valence-corrected chi connectivity index (χ4v) is 3.26. The zero-order valence-corrected chi connectivity index (χ0v) is 18.9. The SMILES string of the molecule is CN=C(NCCc1ccco1)NCc1ccc(OC)cc1OC1CCCC1.I. The van der Waals surface area contributed by atoms with Crippen molar-refractivity contribution in [2.75, 3.05) is 20.7 Å². The molecule has 154 valence electrons. The highest BCUT2D eigenvalue weighted by atomic mass is 127. The molecular weight excluding hydrogens is 469 g/mol. The first-order valence-electron chi connectivity index (χ1n) is 9.59. The number of nitrogens with zero attached hydrogens (tertiary/aromatic N) is 1. The lowest BCUT2D eigenvalue weighted by Gasteiger charge is -2.18. The van der Waals surface area contributed by atoms with E-state index in [1.54, 1.807) is 20.4 Å². The summed E-state index contributed by atoms with van der Waals surface area (Å²) in [6.45, 7) is 1.38. The molecule has 0 aliphatic heterocycles. The van der Waals surface area contributed by atoms with Crippen molar-refractivity contribution in [1.82, 2.24) is 10.6 Å². The van der Waals surface area contributed by atoms with Gasteiger partial charge in [-0.25, -0.2) is 0 Å². The van der Waals surface area contributed by atoms with E-state index in [0.29, 0.717) is 12.6 Å². The molecule has 0 saturated heterocycles. The van der Waals surface area contributed by atoms with E-state index in [2.05, 4.69) is 15.6 Å². The van der Waals surface area contributed by atoms with Gasteiger partial charge in [0.2, 0.25) is 0 Å². The van der Waals surface area contributed by atoms with Crippen LogP contribution >= 0.6 is 24.0 Å². The molecular formula is C21H30IN3O3. The molecule has 0 radical (unpaired) electrons. The zero-order chi connectivity index (χ0) is 18.9. The van der Waals surface area contributed by atoms with Gasteiger partial charge >= 0.3 is 0 Å². The molecule has 3 rings (SSSR count). The minimum absolute atomic E-state index is 0. The Kier molecular flexibility index (Phi) is 9.46. The summed E-state index contributed by atoms with van der Waals surface area (Å²) in [7, 11) is 3.45. The Balaban J connectivity index is 0.00000280. The highest BCUT2D eigenvalue weighted by Gasteiger charge is 2.18. The summed E-state index contributed by atoms with van der Waals surface area (Å²) in [5, 5.41) is 6.66. The molecule has 1 aromatic carbocycles. The lowest BCUT2D eigenvalue weighted by molar-refractivity contribution is 0.207. The second kappa shape index (κ2) is 11.8. The molecule has 28 heavy (non-hydrogen) atoms. The summed E-state index contributed by atoms with van der Waals surface area (Å²) >= 11 is 0. The minimum atomic E-state index is 0. The van der Waals surface area contributed by atoms with Crippen molar-refractivity contribution in [1.29, 1.82) is 0 Å². The highest BCUT2D eigenvalue weighted by Crippen LogP contribution is 2.29. The van der Waals surface area contributed by atoms with E-state index in [9.17, 15) is 0 Å². The first kappa shape index (κ1) is 22.4. The van der Waals surface area contributed by atoms with Crippen LogP contribution in [-0.4, -0.2) is 32.8 Å². The monoisotopic (exact) mass is 499 g/mol. The fourth-order valence-electron chi connectivity index (χ4n) is 3.26. The van der Waals surface area contributed by atoms with Crippen molar-refractivity contribution in [3.8, 4) is 11.5 Å². The quantitative estimate of drug-likeness (QED) is 0.325. The van der Waals surface area contributed by atoms with Gasteiger partial charge in [-0.2, -0.15) is 0 Å². The molecule has 1 saturated carbocycles. The second-order valence-corrected chi connectivity index (χ2v) is 6.68. The number of rotatable bonds is 8. The third kappa shape index (κ3) is 6.61. The molecule has 7 heteroatoms. The summed E-state index contributed by atoms with van der Waals surface area (Å²) < 4.78 is 17.0. The van der Waals surface area contributed by atoms with E-state index in [1.165, 1.54) is 12.8 Å². The molecule has 0 spiro atoms. The minimum Gasteiger partial charge on any atom is -0.497 e. The maximum Gasteiger partial charge on any atom is 0.191 e. The third-order valence-corrected chi connectivity index (χ3v) is 4.78. The average Bonchev–Trinajstić information content (AvgIpc) is 3.39. The van der Waals surface area contributed by atoms with E-state index in [1.807, 2.05) is 30.3 Å². The van der Waals surface area contributed by atoms with E-state index in [-0.39, 0.29) is 24.0 Å². The number of hydrogen-bond acceptors (Lipinski definition) is 4. The predicted octanol–water partition coefficient (Wildman–Crippen LogP) is 4.14. The molecule has 0 bridgehead atoms. The number of guanidine groups is 1. The topological polar surface area (TPSA) is 68.0 Å². The van der Waals surface area contributed by atoms with Crippen molar-refractivity contribution in [2.24, 2.45) is 4.99 Å². The normalized spacial score (nSPS) is 14.4. The van der Waals surface area contributed by atoms with Gasteiger partial charge in [-0.1, -0.05) is 0 Å². The van der Waals surface area contributed by atoms with Crippen LogP contribution in [0.5, 0.6) is 11.5 Å². The van der Waals surface area contributed by atoms with Gasteiger partial charge in [0.05, 0.1) is 19.5 Å². The summed E-state index contributed by atoms with van der Waals surface area (Å²) in [6.07, 6.45) is 7.55. The van der Waals surface area contributed by atoms with Gasteiger partial charge in [-0.15, -0.1) is 24.0 Å². The smallest absolute Gasteiger partial charge is 0.191 e. The maximum atomic E-state index is 6.25. The van der Waals surface area contributed by atoms with Crippen molar-refractivity contribution < 1.29 is 13.9 Å². The molecule has 2 N–H and O–H groups in total. The number of methoxy groups -OCH3 is 1. The van der Waals surface area contributed by atoms with E-state index in [4.69, 9.17) is 13.9 Å². The molecule has 1 aromatic heterocycles. The predicted molar refractivity (Wildman–Crippen MR) is 122 cm³/mol. The molecule has 6 nitrogen and oxygen atoms in total. The molecule has 1 fully saturated rings. The molecule has 2 aromatic rings.